The molecule has 0 aromatic carbocycles. The molecule has 1 atom stereocenters. The summed E-state index contributed by atoms with van der Waals surface area (Å²) in [5, 5.41) is 5.76. The number of ether oxygens (including phenoxy) is 2. The summed E-state index contributed by atoms with van der Waals surface area (Å²) in [6.45, 7) is 4.22. The Bertz CT molecular complexity index is 511. The molecule has 3 heterocycles. The topological polar surface area (TPSA) is 95.5 Å². The van der Waals surface area contributed by atoms with Gasteiger partial charge in [-0.25, -0.2) is 4.79 Å². The van der Waals surface area contributed by atoms with Gasteiger partial charge in [0.2, 0.25) is 5.91 Å². The van der Waals surface area contributed by atoms with Crippen molar-refractivity contribution in [1.82, 2.24) is 20.4 Å². The van der Waals surface area contributed by atoms with Gasteiger partial charge in [0, 0.05) is 39.8 Å². The number of likely N-dealkylation sites (tertiary alicyclic amines) is 1. The quantitative estimate of drug-likeness (QED) is 0.383. The minimum atomic E-state index is -0.323. The van der Waals surface area contributed by atoms with Crippen LogP contribution in [0.15, 0.2) is 4.99 Å². The molecule has 2 N–H and O–H groups in total. The van der Waals surface area contributed by atoms with Crippen LogP contribution in [-0.4, -0.2) is 92.9 Å². The van der Waals surface area contributed by atoms with Crippen LogP contribution in [0.25, 0.3) is 0 Å². The maximum absolute atomic E-state index is 11.6. The number of nitrogens with zero attached hydrogens (tertiary/aromatic N) is 3. The number of rotatable bonds is 6. The Hall–Kier alpha value is -1.87. The van der Waals surface area contributed by atoms with Gasteiger partial charge < -0.3 is 25.0 Å². The van der Waals surface area contributed by atoms with E-state index in [9.17, 15) is 9.59 Å². The van der Waals surface area contributed by atoms with Crippen molar-refractivity contribution < 1.29 is 19.1 Å². The Kier molecular flexibility index (Phi) is 6.67. The van der Waals surface area contributed by atoms with Crippen LogP contribution in [0.1, 0.15) is 25.7 Å². The summed E-state index contributed by atoms with van der Waals surface area (Å²) in [6.07, 6.45) is 4.71. The van der Waals surface area contributed by atoms with Gasteiger partial charge in [0.15, 0.2) is 5.96 Å². The molecular weight excluding hydrogens is 338 g/mol. The Balaban J connectivity index is 1.35. The second-order valence-electron chi connectivity index (χ2n) is 6.83. The number of aliphatic imine (C=N–C) groups is 1. The zero-order valence-electron chi connectivity index (χ0n) is 15.4. The van der Waals surface area contributed by atoms with Gasteiger partial charge in [0.05, 0.1) is 25.4 Å². The number of piperidine rings is 1. The molecule has 3 aliphatic rings. The van der Waals surface area contributed by atoms with Crippen LogP contribution in [0.2, 0.25) is 0 Å². The van der Waals surface area contributed by atoms with Crippen molar-refractivity contribution in [2.24, 2.45) is 4.99 Å². The predicted octanol–water partition coefficient (Wildman–Crippen LogP) is -0.226. The van der Waals surface area contributed by atoms with Crippen LogP contribution in [-0.2, 0) is 14.3 Å². The molecule has 0 aromatic rings. The molecule has 3 saturated heterocycles. The number of hydrogen-bond acceptors (Lipinski definition) is 5. The van der Waals surface area contributed by atoms with E-state index >= 15 is 0 Å². The minimum absolute atomic E-state index is 0.0902. The van der Waals surface area contributed by atoms with Crippen LogP contribution in [0.3, 0.4) is 0 Å². The highest BCUT2D eigenvalue weighted by atomic mass is 16.5. The number of urea groups is 1. The van der Waals surface area contributed by atoms with Crippen LogP contribution in [0.4, 0.5) is 4.79 Å². The molecule has 0 radical (unpaired) electrons. The van der Waals surface area contributed by atoms with Gasteiger partial charge in [0.25, 0.3) is 0 Å². The molecule has 0 spiro atoms. The highest BCUT2D eigenvalue weighted by Gasteiger charge is 2.28. The SMILES string of the molecule is CN=C(NCCN1C(=O)CNC1=O)N1CCC(OCC2CCCO2)CC1. The Morgan fingerprint density at radius 1 is 1.35 bits per heavy atom. The Labute approximate surface area is 154 Å². The lowest BCUT2D eigenvalue weighted by Gasteiger charge is -2.34. The van der Waals surface area contributed by atoms with Crippen LogP contribution in [0.5, 0.6) is 0 Å². The van der Waals surface area contributed by atoms with Gasteiger partial charge in [-0.1, -0.05) is 0 Å². The first-order valence-corrected chi connectivity index (χ1v) is 9.44. The lowest BCUT2D eigenvalue weighted by molar-refractivity contribution is -0.124. The fourth-order valence-electron chi connectivity index (χ4n) is 3.55. The molecule has 3 rings (SSSR count). The third kappa shape index (κ3) is 4.85. The lowest BCUT2D eigenvalue weighted by atomic mass is 10.1. The van der Waals surface area contributed by atoms with Gasteiger partial charge in [-0.2, -0.15) is 0 Å². The van der Waals surface area contributed by atoms with Gasteiger partial charge in [0.1, 0.15) is 0 Å². The first-order valence-electron chi connectivity index (χ1n) is 9.44. The van der Waals surface area contributed by atoms with E-state index in [-0.39, 0.29) is 30.7 Å². The molecule has 26 heavy (non-hydrogen) atoms. The normalized spacial score (nSPS) is 25.1. The smallest absolute Gasteiger partial charge is 0.324 e. The maximum Gasteiger partial charge on any atom is 0.324 e. The number of guanidine groups is 1. The fourth-order valence-corrected chi connectivity index (χ4v) is 3.55. The van der Waals surface area contributed by atoms with Gasteiger partial charge in [-0.15, -0.1) is 0 Å². The average Bonchev–Trinajstić information content (AvgIpc) is 3.29. The van der Waals surface area contributed by atoms with Gasteiger partial charge in [-0.3, -0.25) is 14.7 Å². The van der Waals surface area contributed by atoms with Gasteiger partial charge >= 0.3 is 6.03 Å². The first kappa shape index (κ1) is 18.9. The van der Waals surface area contributed by atoms with Crippen molar-refractivity contribution in [3.8, 4) is 0 Å². The van der Waals surface area contributed by atoms with E-state index in [0.29, 0.717) is 19.7 Å². The molecule has 146 valence electrons. The van der Waals surface area contributed by atoms with Crippen molar-refractivity contribution in [1.29, 1.82) is 0 Å². The molecule has 3 fully saturated rings. The molecule has 0 aromatic heterocycles. The van der Waals surface area contributed by atoms with E-state index < -0.39 is 0 Å². The van der Waals surface area contributed by atoms with E-state index in [1.807, 2.05) is 0 Å². The summed E-state index contributed by atoms with van der Waals surface area (Å²) in [7, 11) is 1.75. The van der Waals surface area contributed by atoms with Crippen molar-refractivity contribution in [2.75, 3.05) is 53.0 Å². The first-order chi connectivity index (χ1) is 12.7. The van der Waals surface area contributed by atoms with Crippen LogP contribution >= 0.6 is 0 Å². The molecule has 0 aliphatic carbocycles. The van der Waals surface area contributed by atoms with E-state index in [4.69, 9.17) is 9.47 Å². The third-order valence-corrected chi connectivity index (χ3v) is 5.05. The van der Waals surface area contributed by atoms with Crippen molar-refractivity contribution in [2.45, 2.75) is 37.9 Å². The molecule has 3 aliphatic heterocycles. The minimum Gasteiger partial charge on any atom is -0.376 e. The molecule has 1 unspecified atom stereocenters. The summed E-state index contributed by atoms with van der Waals surface area (Å²) in [4.78, 5) is 30.8. The van der Waals surface area contributed by atoms with Crippen molar-refractivity contribution in [3.05, 3.63) is 0 Å². The lowest BCUT2D eigenvalue weighted by Crippen LogP contribution is -2.49. The van der Waals surface area contributed by atoms with Gasteiger partial charge in [-0.05, 0) is 25.7 Å². The molecular formula is C17H29N5O4. The van der Waals surface area contributed by atoms with Crippen LogP contribution in [0, 0.1) is 0 Å². The second-order valence-corrected chi connectivity index (χ2v) is 6.83. The maximum atomic E-state index is 11.6. The largest absolute Gasteiger partial charge is 0.376 e. The standard InChI is InChI=1S/C17H29N5O4/c1-18-16(19-6-9-22-15(23)11-20-17(22)24)21-7-4-13(5-8-21)26-12-14-3-2-10-25-14/h13-14H,2-12H2,1H3,(H,18,19)(H,20,24). The second kappa shape index (κ2) is 9.18. The molecule has 9 nitrogen and oxygen atoms in total. The monoisotopic (exact) mass is 367 g/mol. The molecule has 0 saturated carbocycles. The third-order valence-electron chi connectivity index (χ3n) is 5.05. The summed E-state index contributed by atoms with van der Waals surface area (Å²) in [6, 6.07) is -0.323. The van der Waals surface area contributed by atoms with E-state index in [1.54, 1.807) is 7.05 Å². The van der Waals surface area contributed by atoms with E-state index in [1.165, 1.54) is 4.90 Å². The molecule has 3 amide bonds. The number of amides is 3. The van der Waals surface area contributed by atoms with E-state index in [2.05, 4.69) is 20.5 Å². The predicted molar refractivity (Wildman–Crippen MR) is 96.0 cm³/mol. The number of hydrogen-bond donors (Lipinski definition) is 2. The Morgan fingerprint density at radius 3 is 2.77 bits per heavy atom. The molecule has 9 heteroatoms. The molecule has 0 bridgehead atoms. The summed E-state index contributed by atoms with van der Waals surface area (Å²) >= 11 is 0. The summed E-state index contributed by atoms with van der Waals surface area (Å²) in [5.74, 6) is 0.616. The zero-order valence-corrected chi connectivity index (χ0v) is 15.4. The van der Waals surface area contributed by atoms with E-state index in [0.717, 1.165) is 51.3 Å². The number of carbonyl (C=O) groups excluding carboxylic acids is 2. The zero-order chi connectivity index (χ0) is 18.4. The van der Waals surface area contributed by atoms with Crippen molar-refractivity contribution >= 4 is 17.9 Å². The van der Waals surface area contributed by atoms with Crippen LogP contribution < -0.4 is 10.6 Å². The number of carbonyl (C=O) groups is 2. The highest BCUT2D eigenvalue weighted by molar-refractivity contribution is 6.01. The Morgan fingerprint density at radius 2 is 2.15 bits per heavy atom. The fraction of sp³-hybridized carbons (Fsp3) is 0.824. The number of nitrogens with one attached hydrogen (secondary N) is 2. The van der Waals surface area contributed by atoms with Crippen molar-refractivity contribution in [3.63, 3.8) is 0 Å². The average molecular weight is 367 g/mol. The summed E-state index contributed by atoms with van der Waals surface area (Å²) in [5.41, 5.74) is 0. The summed E-state index contributed by atoms with van der Waals surface area (Å²) < 4.78 is 11.6. The number of imide groups is 1. The highest BCUT2D eigenvalue weighted by Crippen LogP contribution is 2.17.